The average molecular weight is 383 g/mol. The van der Waals surface area contributed by atoms with Crippen molar-refractivity contribution in [2.24, 2.45) is 5.73 Å². The lowest BCUT2D eigenvalue weighted by Crippen LogP contribution is -2.26. The minimum Gasteiger partial charge on any atom is -0.365 e. The van der Waals surface area contributed by atoms with Crippen molar-refractivity contribution in [3.63, 3.8) is 0 Å². The highest BCUT2D eigenvalue weighted by molar-refractivity contribution is 8.02. The number of thioether (sulfide) groups is 1. The van der Waals surface area contributed by atoms with Gasteiger partial charge in [0.15, 0.2) is 5.78 Å². The lowest BCUT2D eigenvalue weighted by Gasteiger charge is -2.28. The molecule has 25 heavy (non-hydrogen) atoms. The van der Waals surface area contributed by atoms with Gasteiger partial charge in [-0.3, -0.25) is 9.36 Å². The predicted octanol–water partition coefficient (Wildman–Crippen LogP) is 3.12. The maximum atomic E-state index is 13.3. The average Bonchev–Trinajstić information content (AvgIpc) is 2.59. The zero-order valence-corrected chi connectivity index (χ0v) is 16.1. The van der Waals surface area contributed by atoms with Crippen LogP contribution < -0.4 is 11.1 Å². The number of amides is 1. The van der Waals surface area contributed by atoms with Gasteiger partial charge < -0.3 is 20.1 Å². The molecule has 3 N–H and O–H groups in total. The van der Waals surface area contributed by atoms with E-state index in [1.165, 1.54) is 0 Å². The molecule has 0 heterocycles. The molecule has 7 nitrogen and oxygen atoms in total. The number of nitrogens with one attached hydrogen (secondary N) is 1. The summed E-state index contributed by atoms with van der Waals surface area (Å²) in [5, 5.41) is 12.4. The van der Waals surface area contributed by atoms with Crippen molar-refractivity contribution in [1.82, 2.24) is 5.32 Å². The van der Waals surface area contributed by atoms with E-state index in [2.05, 4.69) is 5.32 Å². The highest BCUT2D eigenvalue weighted by atomic mass is 32.2. The maximum Gasteiger partial charge on any atom is 0.357 e. The SMILES string of the molecule is CCOP(=O)(OCC)C(N/C(SC)=C(/C#N)C(N)=O)c1ccccc1. The first-order valence-electron chi connectivity index (χ1n) is 7.61. The van der Waals surface area contributed by atoms with Crippen LogP contribution in [-0.2, 0) is 18.4 Å². The van der Waals surface area contributed by atoms with Crippen LogP contribution in [0.5, 0.6) is 0 Å². The van der Waals surface area contributed by atoms with Crippen molar-refractivity contribution in [2.75, 3.05) is 19.5 Å². The molecular formula is C16H22N3O4PS. The van der Waals surface area contributed by atoms with E-state index in [0.717, 1.165) is 11.8 Å². The number of benzene rings is 1. The van der Waals surface area contributed by atoms with Crippen LogP contribution in [0.3, 0.4) is 0 Å². The minimum absolute atomic E-state index is 0.182. The lowest BCUT2D eigenvalue weighted by molar-refractivity contribution is -0.114. The van der Waals surface area contributed by atoms with Gasteiger partial charge in [0.2, 0.25) is 0 Å². The summed E-state index contributed by atoms with van der Waals surface area (Å²) in [6.07, 6.45) is 1.68. The molecule has 1 aromatic rings. The summed E-state index contributed by atoms with van der Waals surface area (Å²) < 4.78 is 24.2. The van der Waals surface area contributed by atoms with E-state index in [0.29, 0.717) is 5.56 Å². The van der Waals surface area contributed by atoms with Gasteiger partial charge in [0, 0.05) is 0 Å². The Bertz CT molecular complexity index is 693. The first-order chi connectivity index (χ1) is 11.9. The Morgan fingerprint density at radius 3 is 2.28 bits per heavy atom. The molecular weight excluding hydrogens is 361 g/mol. The predicted molar refractivity (Wildman–Crippen MR) is 98.5 cm³/mol. The molecule has 0 aliphatic heterocycles. The van der Waals surface area contributed by atoms with E-state index in [-0.39, 0.29) is 23.8 Å². The third-order valence-corrected chi connectivity index (χ3v) is 6.13. The molecule has 0 aliphatic carbocycles. The Hall–Kier alpha value is -1.78. The van der Waals surface area contributed by atoms with Gasteiger partial charge in [-0.1, -0.05) is 30.3 Å². The molecule has 0 saturated carbocycles. The summed E-state index contributed by atoms with van der Waals surface area (Å²) in [6, 6.07) is 10.7. The van der Waals surface area contributed by atoms with Gasteiger partial charge in [0.05, 0.1) is 18.2 Å². The lowest BCUT2D eigenvalue weighted by atomic mass is 10.2. The molecule has 0 spiro atoms. The highest BCUT2D eigenvalue weighted by Gasteiger charge is 2.38. The van der Waals surface area contributed by atoms with Crippen molar-refractivity contribution < 1.29 is 18.4 Å². The second-order valence-corrected chi connectivity index (χ2v) is 7.65. The standard InChI is InChI=1S/C16H22N3O4PS/c1-4-22-24(21,23-5-2)15(12-9-7-6-8-10-12)19-16(25-3)13(11-17)14(18)20/h6-10,15,19H,4-5H2,1-3H3,(H2,18,20)/b16-13+. The van der Waals surface area contributed by atoms with E-state index in [9.17, 15) is 14.6 Å². The van der Waals surface area contributed by atoms with Gasteiger partial charge in [-0.25, -0.2) is 0 Å². The number of nitrogens with two attached hydrogens (primary N) is 1. The topological polar surface area (TPSA) is 114 Å². The summed E-state index contributed by atoms with van der Waals surface area (Å²) >= 11 is 1.12. The van der Waals surface area contributed by atoms with E-state index in [1.54, 1.807) is 50.4 Å². The fourth-order valence-corrected chi connectivity index (χ4v) is 4.69. The summed E-state index contributed by atoms with van der Waals surface area (Å²) in [7, 11) is -3.62. The number of nitriles is 1. The van der Waals surface area contributed by atoms with E-state index < -0.39 is 19.3 Å². The van der Waals surface area contributed by atoms with Crippen LogP contribution in [0.15, 0.2) is 40.9 Å². The molecule has 1 unspecified atom stereocenters. The number of hydrogen-bond donors (Lipinski definition) is 2. The summed E-state index contributed by atoms with van der Waals surface area (Å²) in [4.78, 5) is 11.5. The van der Waals surface area contributed by atoms with E-state index in [4.69, 9.17) is 14.8 Å². The molecule has 1 aromatic carbocycles. The van der Waals surface area contributed by atoms with Gasteiger partial charge in [-0.2, -0.15) is 5.26 Å². The normalized spacial score (nSPS) is 13.5. The Balaban J connectivity index is 3.45. The molecule has 0 aromatic heterocycles. The first-order valence-corrected chi connectivity index (χ1v) is 10.5. The van der Waals surface area contributed by atoms with Gasteiger partial charge in [-0.05, 0) is 25.7 Å². The van der Waals surface area contributed by atoms with Crippen LogP contribution >= 0.6 is 19.4 Å². The van der Waals surface area contributed by atoms with E-state index in [1.807, 2.05) is 6.07 Å². The quantitative estimate of drug-likeness (QED) is 0.362. The van der Waals surface area contributed by atoms with Crippen LogP contribution in [0.1, 0.15) is 25.2 Å². The molecule has 0 fully saturated rings. The highest BCUT2D eigenvalue weighted by Crippen LogP contribution is 2.60. The molecule has 1 amide bonds. The maximum absolute atomic E-state index is 13.3. The van der Waals surface area contributed by atoms with Gasteiger partial charge >= 0.3 is 7.60 Å². The number of carbonyl (C=O) groups is 1. The third-order valence-electron chi connectivity index (χ3n) is 3.11. The zero-order chi connectivity index (χ0) is 18.9. The van der Waals surface area contributed by atoms with Gasteiger partial charge in [0.25, 0.3) is 5.91 Å². The van der Waals surface area contributed by atoms with Gasteiger partial charge in [0.1, 0.15) is 11.6 Å². The summed E-state index contributed by atoms with van der Waals surface area (Å²) in [5.41, 5.74) is 5.66. The van der Waals surface area contributed by atoms with Crippen molar-refractivity contribution in [3.8, 4) is 6.07 Å². The number of primary amides is 1. The van der Waals surface area contributed by atoms with Crippen LogP contribution in [0.25, 0.3) is 0 Å². The smallest absolute Gasteiger partial charge is 0.357 e. The Kier molecular flexibility index (Phi) is 8.73. The molecule has 0 aliphatic rings. The van der Waals surface area contributed by atoms with Crippen LogP contribution in [0.4, 0.5) is 0 Å². The zero-order valence-electron chi connectivity index (χ0n) is 14.4. The molecule has 0 radical (unpaired) electrons. The molecule has 0 bridgehead atoms. The number of hydrogen-bond acceptors (Lipinski definition) is 7. The number of nitrogens with zero attached hydrogens (tertiary/aromatic N) is 1. The van der Waals surface area contributed by atoms with Crippen LogP contribution in [0, 0.1) is 11.3 Å². The van der Waals surface area contributed by atoms with Gasteiger partial charge in [-0.15, -0.1) is 11.8 Å². The van der Waals surface area contributed by atoms with Crippen molar-refractivity contribution in [2.45, 2.75) is 19.6 Å². The molecule has 1 atom stereocenters. The van der Waals surface area contributed by atoms with Crippen molar-refractivity contribution in [3.05, 3.63) is 46.5 Å². The largest absolute Gasteiger partial charge is 0.365 e. The minimum atomic E-state index is -3.62. The second-order valence-electron chi connectivity index (χ2n) is 4.72. The van der Waals surface area contributed by atoms with Crippen molar-refractivity contribution >= 4 is 25.3 Å². The fraction of sp³-hybridized carbons (Fsp3) is 0.375. The molecule has 9 heteroatoms. The third kappa shape index (κ3) is 5.62. The molecule has 136 valence electrons. The molecule has 0 saturated heterocycles. The van der Waals surface area contributed by atoms with Crippen molar-refractivity contribution in [1.29, 1.82) is 5.26 Å². The Morgan fingerprint density at radius 2 is 1.88 bits per heavy atom. The number of carbonyl (C=O) groups excluding carboxylic acids is 1. The van der Waals surface area contributed by atoms with Crippen LogP contribution in [-0.4, -0.2) is 25.4 Å². The molecule has 1 rings (SSSR count). The van der Waals surface area contributed by atoms with E-state index >= 15 is 0 Å². The Morgan fingerprint density at radius 1 is 1.32 bits per heavy atom. The second kappa shape index (κ2) is 10.3. The summed E-state index contributed by atoms with van der Waals surface area (Å²) in [6.45, 7) is 3.79. The Labute approximate surface area is 152 Å². The monoisotopic (exact) mass is 383 g/mol. The summed E-state index contributed by atoms with van der Waals surface area (Å²) in [5.74, 6) is -1.76. The number of rotatable bonds is 10. The van der Waals surface area contributed by atoms with Crippen LogP contribution in [0.2, 0.25) is 0 Å². The fourth-order valence-electron chi connectivity index (χ4n) is 2.10. The first kappa shape index (κ1) is 21.3.